The van der Waals surface area contributed by atoms with Gasteiger partial charge in [-0.2, -0.15) is 0 Å². The van der Waals surface area contributed by atoms with Crippen molar-refractivity contribution in [2.24, 2.45) is 0 Å². The van der Waals surface area contributed by atoms with Crippen molar-refractivity contribution in [2.75, 3.05) is 37.6 Å². The van der Waals surface area contributed by atoms with Crippen molar-refractivity contribution in [3.8, 4) is 0 Å². The molecule has 0 radical (unpaired) electrons. The van der Waals surface area contributed by atoms with Gasteiger partial charge in [-0.15, -0.1) is 11.3 Å². The molecule has 1 N–H and O–H groups in total. The smallest absolute Gasteiger partial charge is 0.261 e. The molecule has 2 heterocycles. The van der Waals surface area contributed by atoms with Crippen LogP contribution >= 0.6 is 11.3 Å². The Morgan fingerprint density at radius 2 is 1.80 bits per heavy atom. The summed E-state index contributed by atoms with van der Waals surface area (Å²) in [4.78, 5) is 28.7. The molecule has 25 heavy (non-hydrogen) atoms. The van der Waals surface area contributed by atoms with E-state index < -0.39 is 0 Å². The predicted molar refractivity (Wildman–Crippen MR) is 96.5 cm³/mol. The monoisotopic (exact) mass is 361 g/mol. The zero-order valence-corrected chi connectivity index (χ0v) is 14.6. The largest absolute Gasteiger partial charge is 0.368 e. The molecule has 0 unspecified atom stereocenters. The Kier molecular flexibility index (Phi) is 5.65. The van der Waals surface area contributed by atoms with Crippen LogP contribution in [0.25, 0.3) is 0 Å². The van der Waals surface area contributed by atoms with Crippen LogP contribution in [0.2, 0.25) is 0 Å². The summed E-state index contributed by atoms with van der Waals surface area (Å²) in [6.07, 6.45) is 0.299. The molecule has 2 aromatic rings. The Hall–Kier alpha value is -2.41. The fraction of sp³-hybridized carbons (Fsp3) is 0.333. The molecule has 1 aromatic heterocycles. The number of benzene rings is 1. The zero-order valence-electron chi connectivity index (χ0n) is 13.8. The molecule has 1 aliphatic rings. The van der Waals surface area contributed by atoms with Crippen molar-refractivity contribution in [3.63, 3.8) is 0 Å². The molecular weight excluding hydrogens is 341 g/mol. The third-order valence-corrected chi connectivity index (χ3v) is 5.06. The van der Waals surface area contributed by atoms with Crippen molar-refractivity contribution < 1.29 is 14.0 Å². The summed E-state index contributed by atoms with van der Waals surface area (Å²) in [5.41, 5.74) is 0.969. The van der Waals surface area contributed by atoms with E-state index in [-0.39, 0.29) is 17.6 Å². The van der Waals surface area contributed by atoms with E-state index in [4.69, 9.17) is 0 Å². The second-order valence-electron chi connectivity index (χ2n) is 5.83. The van der Waals surface area contributed by atoms with E-state index in [1.54, 1.807) is 18.2 Å². The highest BCUT2D eigenvalue weighted by molar-refractivity contribution is 7.12. The van der Waals surface area contributed by atoms with Gasteiger partial charge in [-0.25, -0.2) is 4.39 Å². The van der Waals surface area contributed by atoms with Gasteiger partial charge in [0.15, 0.2) is 0 Å². The molecule has 5 nitrogen and oxygen atoms in total. The predicted octanol–water partition coefficient (Wildman–Crippen LogP) is 2.36. The molecule has 0 atom stereocenters. The number of nitrogens with one attached hydrogen (secondary N) is 1. The van der Waals surface area contributed by atoms with Crippen LogP contribution in [0.3, 0.4) is 0 Å². The van der Waals surface area contributed by atoms with Gasteiger partial charge in [0.2, 0.25) is 5.91 Å². The zero-order chi connectivity index (χ0) is 17.6. The van der Waals surface area contributed by atoms with Crippen LogP contribution in [-0.4, -0.2) is 49.4 Å². The Morgan fingerprint density at radius 1 is 1.08 bits per heavy atom. The van der Waals surface area contributed by atoms with Crippen molar-refractivity contribution in [2.45, 2.75) is 6.42 Å². The van der Waals surface area contributed by atoms with Gasteiger partial charge in [-0.3, -0.25) is 9.59 Å². The highest BCUT2D eigenvalue weighted by Crippen LogP contribution is 2.17. The van der Waals surface area contributed by atoms with E-state index in [9.17, 15) is 14.0 Å². The maximum atomic E-state index is 13.0. The Morgan fingerprint density at radius 3 is 2.44 bits per heavy atom. The number of thiophene rings is 1. The average molecular weight is 361 g/mol. The maximum Gasteiger partial charge on any atom is 0.261 e. The molecular formula is C18H20FN3O2S. The lowest BCUT2D eigenvalue weighted by molar-refractivity contribution is -0.131. The highest BCUT2D eigenvalue weighted by Gasteiger charge is 2.21. The molecule has 0 saturated carbocycles. The maximum absolute atomic E-state index is 13.0. The molecule has 0 spiro atoms. The topological polar surface area (TPSA) is 52.7 Å². The molecule has 0 bridgehead atoms. The third kappa shape index (κ3) is 4.57. The number of rotatable bonds is 5. The lowest BCUT2D eigenvalue weighted by Crippen LogP contribution is -2.49. The molecule has 7 heteroatoms. The summed E-state index contributed by atoms with van der Waals surface area (Å²) in [5, 5.41) is 4.62. The van der Waals surface area contributed by atoms with Gasteiger partial charge in [0.05, 0.1) is 4.88 Å². The first-order valence-corrected chi connectivity index (χ1v) is 9.11. The molecule has 132 valence electrons. The standard InChI is InChI=1S/C18H20FN3O2S/c19-14-3-5-15(6-4-14)21-9-11-22(12-10-21)17(23)7-8-20-18(24)16-2-1-13-25-16/h1-6,13H,7-12H2,(H,20,24). The van der Waals surface area contributed by atoms with Gasteiger partial charge >= 0.3 is 0 Å². The summed E-state index contributed by atoms with van der Waals surface area (Å²) in [6.45, 7) is 3.05. The second-order valence-corrected chi connectivity index (χ2v) is 6.78. The first kappa shape index (κ1) is 17.4. The van der Waals surface area contributed by atoms with Crippen molar-refractivity contribution in [1.29, 1.82) is 0 Å². The summed E-state index contributed by atoms with van der Waals surface area (Å²) >= 11 is 1.38. The molecule has 1 aromatic carbocycles. The summed E-state index contributed by atoms with van der Waals surface area (Å²) in [6, 6.07) is 9.99. The van der Waals surface area contributed by atoms with Gasteiger partial charge in [-0.1, -0.05) is 6.07 Å². The number of hydrogen-bond donors (Lipinski definition) is 1. The average Bonchev–Trinajstić information content (AvgIpc) is 3.17. The van der Waals surface area contributed by atoms with Crippen LogP contribution in [0.4, 0.5) is 10.1 Å². The fourth-order valence-corrected chi connectivity index (χ4v) is 3.44. The van der Waals surface area contributed by atoms with Crippen LogP contribution < -0.4 is 10.2 Å². The van der Waals surface area contributed by atoms with Gasteiger partial charge in [-0.05, 0) is 35.7 Å². The molecule has 0 aliphatic carbocycles. The second kappa shape index (κ2) is 8.11. The minimum Gasteiger partial charge on any atom is -0.368 e. The Balaban J connectivity index is 1.41. The van der Waals surface area contributed by atoms with E-state index in [0.29, 0.717) is 30.9 Å². The summed E-state index contributed by atoms with van der Waals surface area (Å²) in [5.74, 6) is -0.337. The van der Waals surface area contributed by atoms with Crippen LogP contribution in [-0.2, 0) is 4.79 Å². The lowest BCUT2D eigenvalue weighted by atomic mass is 10.2. The number of amides is 2. The molecule has 1 aliphatic heterocycles. The fourth-order valence-electron chi connectivity index (χ4n) is 2.80. The Bertz CT molecular complexity index is 710. The lowest BCUT2D eigenvalue weighted by Gasteiger charge is -2.36. The van der Waals surface area contributed by atoms with E-state index in [1.165, 1.54) is 23.5 Å². The van der Waals surface area contributed by atoms with Crippen molar-refractivity contribution in [1.82, 2.24) is 10.2 Å². The van der Waals surface area contributed by atoms with Gasteiger partial charge in [0.1, 0.15) is 5.82 Å². The summed E-state index contributed by atoms with van der Waals surface area (Å²) in [7, 11) is 0. The number of piperazine rings is 1. The van der Waals surface area contributed by atoms with E-state index >= 15 is 0 Å². The van der Waals surface area contributed by atoms with Crippen LogP contribution in [0, 0.1) is 5.82 Å². The molecule has 1 fully saturated rings. The Labute approximate surface area is 150 Å². The minimum absolute atomic E-state index is 0.0465. The normalized spacial score (nSPS) is 14.4. The van der Waals surface area contributed by atoms with Crippen molar-refractivity contribution in [3.05, 3.63) is 52.5 Å². The quantitative estimate of drug-likeness (QED) is 0.890. The first-order chi connectivity index (χ1) is 12.1. The van der Waals surface area contributed by atoms with Gasteiger partial charge in [0.25, 0.3) is 5.91 Å². The van der Waals surface area contributed by atoms with E-state index in [1.807, 2.05) is 16.3 Å². The van der Waals surface area contributed by atoms with Crippen LogP contribution in [0.1, 0.15) is 16.1 Å². The van der Waals surface area contributed by atoms with Crippen LogP contribution in [0.15, 0.2) is 41.8 Å². The number of anilines is 1. The summed E-state index contributed by atoms with van der Waals surface area (Å²) < 4.78 is 13.0. The highest BCUT2D eigenvalue weighted by atomic mass is 32.1. The minimum atomic E-state index is -0.248. The SMILES string of the molecule is O=C(NCCC(=O)N1CCN(c2ccc(F)cc2)CC1)c1cccs1. The van der Waals surface area contributed by atoms with E-state index in [0.717, 1.165) is 18.8 Å². The molecule has 3 rings (SSSR count). The van der Waals surface area contributed by atoms with E-state index in [2.05, 4.69) is 10.2 Å². The van der Waals surface area contributed by atoms with Gasteiger partial charge in [0, 0.05) is 44.8 Å². The molecule has 2 amide bonds. The third-order valence-electron chi connectivity index (χ3n) is 4.19. The number of carbonyl (C=O) groups is 2. The van der Waals surface area contributed by atoms with Crippen LogP contribution in [0.5, 0.6) is 0 Å². The number of halogens is 1. The number of hydrogen-bond acceptors (Lipinski definition) is 4. The van der Waals surface area contributed by atoms with Gasteiger partial charge < -0.3 is 15.1 Å². The number of nitrogens with zero attached hydrogens (tertiary/aromatic N) is 2. The molecule has 1 saturated heterocycles. The number of carbonyl (C=O) groups excluding carboxylic acids is 2. The van der Waals surface area contributed by atoms with Crippen molar-refractivity contribution >= 4 is 28.8 Å². The first-order valence-electron chi connectivity index (χ1n) is 8.23.